The fourth-order valence-corrected chi connectivity index (χ4v) is 4.43. The molecule has 0 amide bonds. The van der Waals surface area contributed by atoms with Crippen LogP contribution in [0.2, 0.25) is 5.02 Å². The Kier molecular flexibility index (Phi) is 6.01. The van der Waals surface area contributed by atoms with Gasteiger partial charge in [-0.15, -0.1) is 0 Å². The zero-order valence-corrected chi connectivity index (χ0v) is 19.0. The average Bonchev–Trinajstić information content (AvgIpc) is 2.88. The lowest BCUT2D eigenvalue weighted by molar-refractivity contribution is 0.613. The maximum atomic E-state index is 6.20. The first kappa shape index (κ1) is 21.1. The zero-order chi connectivity index (χ0) is 22.5. The zero-order valence-electron chi connectivity index (χ0n) is 18.2. The second kappa shape index (κ2) is 9.40. The summed E-state index contributed by atoms with van der Waals surface area (Å²) in [7, 11) is 0. The Bertz CT molecular complexity index is 1210. The molecule has 33 heavy (non-hydrogen) atoms. The summed E-state index contributed by atoms with van der Waals surface area (Å²) in [6.07, 6.45) is 7.60. The topological polar surface area (TPSA) is 15.3 Å². The molecular weight excluding hydrogens is 424 g/mol. The molecule has 0 saturated carbocycles. The van der Waals surface area contributed by atoms with Crippen LogP contribution in [0.3, 0.4) is 0 Å². The van der Waals surface area contributed by atoms with Gasteiger partial charge in [0.05, 0.1) is 5.54 Å². The van der Waals surface area contributed by atoms with Gasteiger partial charge in [-0.2, -0.15) is 0 Å². The average molecular weight is 449 g/mol. The maximum Gasteiger partial charge on any atom is 0.0848 e. The first-order chi connectivity index (χ1) is 16.2. The summed E-state index contributed by atoms with van der Waals surface area (Å²) in [6, 6.07) is 39.4. The van der Waals surface area contributed by atoms with Crippen molar-refractivity contribution in [3.05, 3.63) is 150 Å². The molecule has 2 nitrogen and oxygen atoms in total. The summed E-state index contributed by atoms with van der Waals surface area (Å²) in [5, 5.41) is 4.52. The van der Waals surface area contributed by atoms with Crippen molar-refractivity contribution in [2.45, 2.75) is 12.0 Å². The van der Waals surface area contributed by atoms with Crippen molar-refractivity contribution in [2.24, 2.45) is 0 Å². The van der Waals surface area contributed by atoms with Gasteiger partial charge in [-0.25, -0.2) is 0 Å². The van der Waals surface area contributed by atoms with Crippen molar-refractivity contribution in [2.75, 3.05) is 10.2 Å². The lowest BCUT2D eigenvalue weighted by atomic mass is 9.82. The summed E-state index contributed by atoms with van der Waals surface area (Å²) < 4.78 is 0. The van der Waals surface area contributed by atoms with E-state index >= 15 is 0 Å². The number of para-hydroxylation sites is 3. The van der Waals surface area contributed by atoms with E-state index in [9.17, 15) is 0 Å². The summed E-state index contributed by atoms with van der Waals surface area (Å²) >= 11 is 6.20. The third-order valence-electron chi connectivity index (χ3n) is 5.96. The Morgan fingerprint density at radius 1 is 0.667 bits per heavy atom. The number of halogens is 1. The lowest BCUT2D eigenvalue weighted by Gasteiger charge is -2.37. The molecule has 1 aliphatic rings. The molecule has 1 N–H and O–H groups in total. The molecular formula is C30H25ClN2. The number of nitrogens with one attached hydrogen (secondary N) is 1. The summed E-state index contributed by atoms with van der Waals surface area (Å²) in [6.45, 7) is 0. The monoisotopic (exact) mass is 448 g/mol. The number of benzene rings is 4. The van der Waals surface area contributed by atoms with E-state index in [4.69, 9.17) is 11.6 Å². The highest BCUT2D eigenvalue weighted by molar-refractivity contribution is 6.30. The van der Waals surface area contributed by atoms with Gasteiger partial charge in [-0.05, 0) is 66.6 Å². The van der Waals surface area contributed by atoms with E-state index in [-0.39, 0.29) is 5.54 Å². The van der Waals surface area contributed by atoms with Gasteiger partial charge in [0.25, 0.3) is 0 Å². The van der Waals surface area contributed by atoms with Crippen molar-refractivity contribution in [3.8, 4) is 0 Å². The number of nitrogens with zero attached hydrogens (tertiary/aromatic N) is 1. The molecule has 0 heterocycles. The van der Waals surface area contributed by atoms with Gasteiger partial charge in [0.2, 0.25) is 0 Å². The van der Waals surface area contributed by atoms with Gasteiger partial charge in [0, 0.05) is 27.8 Å². The van der Waals surface area contributed by atoms with Crippen molar-refractivity contribution in [1.82, 2.24) is 0 Å². The first-order valence-corrected chi connectivity index (χ1v) is 11.5. The van der Waals surface area contributed by atoms with Crippen molar-refractivity contribution >= 4 is 28.7 Å². The van der Waals surface area contributed by atoms with Gasteiger partial charge in [-0.3, -0.25) is 0 Å². The van der Waals surface area contributed by atoms with Gasteiger partial charge in [0.15, 0.2) is 0 Å². The molecule has 4 aromatic rings. The quantitative estimate of drug-likeness (QED) is 0.319. The first-order valence-electron chi connectivity index (χ1n) is 11.1. The van der Waals surface area contributed by atoms with Gasteiger partial charge in [-0.1, -0.05) is 90.5 Å². The maximum absolute atomic E-state index is 6.20. The van der Waals surface area contributed by atoms with Crippen LogP contribution in [0.15, 0.2) is 139 Å². The van der Waals surface area contributed by atoms with Crippen LogP contribution in [0.5, 0.6) is 0 Å². The minimum atomic E-state index is -0.367. The molecule has 0 radical (unpaired) electrons. The smallest absolute Gasteiger partial charge is 0.0848 e. The summed E-state index contributed by atoms with van der Waals surface area (Å²) in [5.74, 6) is 0. The molecule has 5 rings (SSSR count). The largest absolute Gasteiger partial charge is 0.372 e. The van der Waals surface area contributed by atoms with Crippen molar-refractivity contribution < 1.29 is 0 Å². The number of rotatable bonds is 6. The van der Waals surface area contributed by atoms with Crippen LogP contribution < -0.4 is 10.2 Å². The molecule has 1 atom stereocenters. The van der Waals surface area contributed by atoms with E-state index in [1.807, 2.05) is 30.3 Å². The van der Waals surface area contributed by atoms with E-state index in [0.717, 1.165) is 34.2 Å². The van der Waals surface area contributed by atoms with Crippen molar-refractivity contribution in [3.63, 3.8) is 0 Å². The van der Waals surface area contributed by atoms with Crippen LogP contribution in [0, 0.1) is 0 Å². The molecule has 0 aliphatic heterocycles. The van der Waals surface area contributed by atoms with Gasteiger partial charge >= 0.3 is 0 Å². The second-order valence-electron chi connectivity index (χ2n) is 8.14. The van der Waals surface area contributed by atoms with Gasteiger partial charge in [0.1, 0.15) is 0 Å². The van der Waals surface area contributed by atoms with Crippen LogP contribution in [-0.4, -0.2) is 0 Å². The fourth-order valence-electron chi connectivity index (χ4n) is 4.30. The number of allylic oxidation sites excluding steroid dienone is 1. The third kappa shape index (κ3) is 4.57. The van der Waals surface area contributed by atoms with E-state index in [1.54, 1.807) is 0 Å². The highest BCUT2D eigenvalue weighted by atomic mass is 35.5. The Morgan fingerprint density at radius 2 is 1.21 bits per heavy atom. The molecule has 0 bridgehead atoms. The minimum Gasteiger partial charge on any atom is -0.372 e. The highest BCUT2D eigenvalue weighted by Crippen LogP contribution is 2.39. The number of hydrogen-bond donors (Lipinski definition) is 1. The van der Waals surface area contributed by atoms with E-state index < -0.39 is 0 Å². The van der Waals surface area contributed by atoms with Crippen LogP contribution in [0.25, 0.3) is 0 Å². The standard InChI is InChI=1S/C30H25ClN2/c31-25-18-16-24(17-19-25)30(32-26-10-4-1-5-11-26)22-20-29(21-23-30)33(27-12-6-2-7-13-27)28-14-8-3-9-15-28/h1-22,32H,23H2. The Hall–Kier alpha value is -3.75. The highest BCUT2D eigenvalue weighted by Gasteiger charge is 2.31. The molecule has 162 valence electrons. The predicted octanol–water partition coefficient (Wildman–Crippen LogP) is 8.33. The minimum absolute atomic E-state index is 0.367. The number of anilines is 3. The van der Waals surface area contributed by atoms with Crippen molar-refractivity contribution in [1.29, 1.82) is 0 Å². The molecule has 4 aromatic carbocycles. The lowest BCUT2D eigenvalue weighted by Crippen LogP contribution is -2.35. The fraction of sp³-hybridized carbons (Fsp3) is 0.0667. The van der Waals surface area contributed by atoms with Crippen LogP contribution in [0.4, 0.5) is 17.1 Å². The summed E-state index contributed by atoms with van der Waals surface area (Å²) in [5.41, 5.74) is 5.30. The molecule has 0 spiro atoms. The van der Waals surface area contributed by atoms with Crippen LogP contribution >= 0.6 is 11.6 Å². The molecule has 1 aliphatic carbocycles. The van der Waals surface area contributed by atoms with E-state index in [2.05, 4.69) is 113 Å². The molecule has 1 unspecified atom stereocenters. The normalized spacial score (nSPS) is 17.3. The third-order valence-corrected chi connectivity index (χ3v) is 6.21. The molecule has 3 heteroatoms. The second-order valence-corrected chi connectivity index (χ2v) is 8.58. The SMILES string of the molecule is Clc1ccc(C2(Nc3ccccc3)C=CC(N(c3ccccc3)c3ccccc3)=CC2)cc1. The molecule has 0 aromatic heterocycles. The Labute approximate surface area is 200 Å². The van der Waals surface area contributed by atoms with E-state index in [0.29, 0.717) is 0 Å². The summed E-state index contributed by atoms with van der Waals surface area (Å²) in [4.78, 5) is 2.30. The molecule has 0 fully saturated rings. The van der Waals surface area contributed by atoms with E-state index in [1.165, 1.54) is 5.56 Å². The van der Waals surface area contributed by atoms with Crippen LogP contribution in [0.1, 0.15) is 12.0 Å². The Balaban J connectivity index is 1.54. The number of hydrogen-bond acceptors (Lipinski definition) is 2. The molecule has 0 saturated heterocycles. The van der Waals surface area contributed by atoms with Gasteiger partial charge < -0.3 is 10.2 Å². The van der Waals surface area contributed by atoms with Crippen LogP contribution in [-0.2, 0) is 5.54 Å². The Morgan fingerprint density at radius 3 is 1.73 bits per heavy atom. The predicted molar refractivity (Wildman–Crippen MR) is 140 cm³/mol.